The number of aliphatic hydroxyl groups is 2. The monoisotopic (exact) mass is 411 g/mol. The summed E-state index contributed by atoms with van der Waals surface area (Å²) in [6.07, 6.45) is 5.66. The highest BCUT2D eigenvalue weighted by Gasteiger charge is 2.43. The molecule has 1 fully saturated rings. The van der Waals surface area contributed by atoms with E-state index in [0.717, 1.165) is 44.3 Å². The van der Waals surface area contributed by atoms with Crippen LogP contribution in [0.2, 0.25) is 0 Å². The van der Waals surface area contributed by atoms with Crippen LogP contribution in [-0.2, 0) is 12.8 Å². The van der Waals surface area contributed by atoms with Gasteiger partial charge in [0.2, 0.25) is 0 Å². The molecule has 2 aromatic rings. The molecule has 0 aromatic heterocycles. The number of likely N-dealkylation sites (tertiary alicyclic amines) is 1. The highest BCUT2D eigenvalue weighted by molar-refractivity contribution is 5.39. The van der Waals surface area contributed by atoms with E-state index < -0.39 is 17.8 Å². The van der Waals surface area contributed by atoms with Crippen molar-refractivity contribution in [2.45, 2.75) is 62.8 Å². The molecule has 5 rings (SSSR count). The lowest BCUT2D eigenvalue weighted by atomic mass is 9.81. The van der Waals surface area contributed by atoms with Gasteiger partial charge in [-0.1, -0.05) is 18.2 Å². The molecular formula is C25H30FNO3. The second kappa shape index (κ2) is 7.95. The van der Waals surface area contributed by atoms with Crippen LogP contribution in [0.3, 0.4) is 0 Å². The van der Waals surface area contributed by atoms with Gasteiger partial charge >= 0.3 is 0 Å². The number of fused-ring (bicyclic) bond motifs is 2. The average molecular weight is 412 g/mol. The zero-order chi connectivity index (χ0) is 20.7. The fourth-order valence-corrected chi connectivity index (χ4v) is 5.37. The minimum atomic E-state index is -0.697. The third-order valence-corrected chi connectivity index (χ3v) is 7.18. The number of piperidine rings is 1. The Bertz CT molecular complexity index is 923. The predicted molar refractivity (Wildman–Crippen MR) is 113 cm³/mol. The lowest BCUT2D eigenvalue weighted by molar-refractivity contribution is -0.0589. The summed E-state index contributed by atoms with van der Waals surface area (Å²) in [6, 6.07) is 10.8. The molecular weight excluding hydrogens is 381 g/mol. The summed E-state index contributed by atoms with van der Waals surface area (Å²) >= 11 is 0. The highest BCUT2D eigenvalue weighted by Crippen LogP contribution is 2.44. The van der Waals surface area contributed by atoms with Crippen LogP contribution in [0.15, 0.2) is 36.4 Å². The van der Waals surface area contributed by atoms with Crippen molar-refractivity contribution >= 4 is 0 Å². The van der Waals surface area contributed by atoms with Crippen molar-refractivity contribution in [3.8, 4) is 5.75 Å². The largest absolute Gasteiger partial charge is 0.487 e. The summed E-state index contributed by atoms with van der Waals surface area (Å²) in [5.41, 5.74) is 3.99. The lowest BCUT2D eigenvalue weighted by Gasteiger charge is -2.46. The standard InChI is InChI=1S/C25H30FNO3/c26-20-7-8-24-21(14-20)22(28)15-25(30-24)9-11-27(12-10-25)16-23(29)19-6-5-17-3-1-2-4-18(17)13-19/h5-8,13-14,22-23,28-29H,1-4,9-12,15-16H2/t22-,23-/m1/s1. The first-order valence-electron chi connectivity index (χ1n) is 11.2. The molecule has 1 spiro atoms. The van der Waals surface area contributed by atoms with Crippen LogP contribution in [0, 0.1) is 5.82 Å². The maximum Gasteiger partial charge on any atom is 0.126 e. The van der Waals surface area contributed by atoms with Gasteiger partial charge in [0.25, 0.3) is 0 Å². The summed E-state index contributed by atoms with van der Waals surface area (Å²) in [4.78, 5) is 2.28. The molecule has 1 aliphatic carbocycles. The first-order chi connectivity index (χ1) is 14.5. The van der Waals surface area contributed by atoms with Crippen molar-refractivity contribution in [3.63, 3.8) is 0 Å². The molecule has 0 radical (unpaired) electrons. The van der Waals surface area contributed by atoms with E-state index in [1.165, 1.54) is 36.1 Å². The number of aliphatic hydroxyl groups excluding tert-OH is 2. The van der Waals surface area contributed by atoms with E-state index in [2.05, 4.69) is 23.1 Å². The van der Waals surface area contributed by atoms with Crippen molar-refractivity contribution in [1.29, 1.82) is 0 Å². The van der Waals surface area contributed by atoms with Gasteiger partial charge in [0.15, 0.2) is 0 Å². The lowest BCUT2D eigenvalue weighted by Crippen LogP contribution is -2.51. The molecule has 0 unspecified atom stereocenters. The molecule has 2 aromatic carbocycles. The van der Waals surface area contributed by atoms with Gasteiger partial charge in [-0.25, -0.2) is 4.39 Å². The van der Waals surface area contributed by atoms with Crippen molar-refractivity contribution in [2.75, 3.05) is 19.6 Å². The predicted octanol–water partition coefficient (Wildman–Crippen LogP) is 4.09. The van der Waals surface area contributed by atoms with Crippen molar-refractivity contribution in [3.05, 3.63) is 64.5 Å². The van der Waals surface area contributed by atoms with E-state index in [4.69, 9.17) is 4.74 Å². The van der Waals surface area contributed by atoms with Crippen LogP contribution >= 0.6 is 0 Å². The number of nitrogens with zero attached hydrogens (tertiary/aromatic N) is 1. The molecule has 2 N–H and O–H groups in total. The third-order valence-electron chi connectivity index (χ3n) is 7.18. The Morgan fingerprint density at radius 2 is 1.83 bits per heavy atom. The quantitative estimate of drug-likeness (QED) is 0.799. The third kappa shape index (κ3) is 3.86. The van der Waals surface area contributed by atoms with Gasteiger partial charge in [-0.05, 0) is 73.4 Å². The number of benzene rings is 2. The highest BCUT2D eigenvalue weighted by atomic mass is 19.1. The Balaban J connectivity index is 1.22. The normalized spacial score (nSPS) is 24.0. The SMILES string of the molecule is O[C@H](CN1CCC2(CC1)C[C@@H](O)c1cc(F)ccc1O2)c1ccc2c(c1)CCCC2. The molecule has 2 heterocycles. The molecule has 0 amide bonds. The second-order valence-electron chi connectivity index (χ2n) is 9.24. The van der Waals surface area contributed by atoms with E-state index in [0.29, 0.717) is 24.3 Å². The zero-order valence-corrected chi connectivity index (χ0v) is 17.3. The van der Waals surface area contributed by atoms with Crippen LogP contribution < -0.4 is 4.74 Å². The van der Waals surface area contributed by atoms with Gasteiger partial charge in [-0.3, -0.25) is 0 Å². The Morgan fingerprint density at radius 3 is 2.63 bits per heavy atom. The summed E-state index contributed by atoms with van der Waals surface area (Å²) in [5, 5.41) is 21.4. The van der Waals surface area contributed by atoms with Crippen molar-refractivity contribution in [1.82, 2.24) is 4.90 Å². The maximum atomic E-state index is 13.5. The van der Waals surface area contributed by atoms with Gasteiger partial charge in [-0.15, -0.1) is 0 Å². The zero-order valence-electron chi connectivity index (χ0n) is 17.3. The molecule has 2 aliphatic heterocycles. The van der Waals surface area contributed by atoms with Gasteiger partial charge < -0.3 is 19.8 Å². The number of aryl methyl sites for hydroxylation is 2. The van der Waals surface area contributed by atoms with E-state index in [-0.39, 0.29) is 5.82 Å². The maximum absolute atomic E-state index is 13.5. The second-order valence-corrected chi connectivity index (χ2v) is 9.24. The van der Waals surface area contributed by atoms with Crippen molar-refractivity contribution in [2.24, 2.45) is 0 Å². The smallest absolute Gasteiger partial charge is 0.126 e. The minimum absolute atomic E-state index is 0.349. The fourth-order valence-electron chi connectivity index (χ4n) is 5.37. The molecule has 30 heavy (non-hydrogen) atoms. The topological polar surface area (TPSA) is 52.9 Å². The molecule has 1 saturated heterocycles. The van der Waals surface area contributed by atoms with E-state index >= 15 is 0 Å². The molecule has 0 saturated carbocycles. The number of ether oxygens (including phenoxy) is 1. The van der Waals surface area contributed by atoms with Crippen LogP contribution in [0.25, 0.3) is 0 Å². The molecule has 160 valence electrons. The van der Waals surface area contributed by atoms with Crippen LogP contribution in [0.1, 0.15) is 66.6 Å². The summed E-state index contributed by atoms with van der Waals surface area (Å²) < 4.78 is 19.8. The van der Waals surface area contributed by atoms with Gasteiger partial charge in [-0.2, -0.15) is 0 Å². The van der Waals surface area contributed by atoms with E-state index in [1.54, 1.807) is 6.07 Å². The minimum Gasteiger partial charge on any atom is -0.487 e. The Kier molecular flexibility index (Phi) is 5.30. The summed E-state index contributed by atoms with van der Waals surface area (Å²) in [5.74, 6) is 0.246. The van der Waals surface area contributed by atoms with Gasteiger partial charge in [0.05, 0.1) is 12.2 Å². The summed E-state index contributed by atoms with van der Waals surface area (Å²) in [7, 11) is 0. The van der Waals surface area contributed by atoms with Crippen LogP contribution in [-0.4, -0.2) is 40.3 Å². The molecule has 2 atom stereocenters. The van der Waals surface area contributed by atoms with Gasteiger partial charge in [0.1, 0.15) is 17.2 Å². The first kappa shape index (κ1) is 20.0. The fraction of sp³-hybridized carbons (Fsp3) is 0.520. The number of rotatable bonds is 3. The average Bonchev–Trinajstić information content (AvgIpc) is 2.76. The first-order valence-corrected chi connectivity index (χ1v) is 11.2. The number of β-amino-alcohol motifs (C(OH)–C–C–N with tert-alkyl or cyclic N) is 1. The van der Waals surface area contributed by atoms with Crippen LogP contribution in [0.5, 0.6) is 5.75 Å². The number of hydrogen-bond donors (Lipinski definition) is 2. The molecule has 0 bridgehead atoms. The van der Waals surface area contributed by atoms with Gasteiger partial charge in [0, 0.05) is 31.6 Å². The number of halogens is 1. The Morgan fingerprint density at radius 1 is 1.07 bits per heavy atom. The van der Waals surface area contributed by atoms with Crippen LogP contribution in [0.4, 0.5) is 4.39 Å². The summed E-state index contributed by atoms with van der Waals surface area (Å²) in [6.45, 7) is 2.23. The Labute approximate surface area is 177 Å². The molecule has 4 nitrogen and oxygen atoms in total. The van der Waals surface area contributed by atoms with E-state index in [9.17, 15) is 14.6 Å². The Hall–Kier alpha value is -1.95. The number of hydrogen-bond acceptors (Lipinski definition) is 4. The van der Waals surface area contributed by atoms with Crippen molar-refractivity contribution < 1.29 is 19.3 Å². The molecule has 3 aliphatic rings. The molecule has 5 heteroatoms. The van der Waals surface area contributed by atoms with E-state index in [1.807, 2.05) is 0 Å².